The van der Waals surface area contributed by atoms with Crippen LogP contribution in [0.4, 0.5) is 0 Å². The molecule has 1 aliphatic rings. The lowest BCUT2D eigenvalue weighted by Crippen LogP contribution is -2.38. The lowest BCUT2D eigenvalue weighted by molar-refractivity contribution is -0.00507. The average Bonchev–Trinajstić information content (AvgIpc) is 2.19. The van der Waals surface area contributed by atoms with Crippen molar-refractivity contribution in [2.24, 2.45) is 11.8 Å². The van der Waals surface area contributed by atoms with Crippen molar-refractivity contribution in [1.82, 2.24) is 0 Å². The van der Waals surface area contributed by atoms with Gasteiger partial charge in [0.2, 0.25) is 0 Å². The molecule has 90 valence electrons. The molecule has 4 unspecified atom stereocenters. The van der Waals surface area contributed by atoms with Gasteiger partial charge in [0.05, 0.1) is 12.2 Å². The van der Waals surface area contributed by atoms with Crippen molar-refractivity contribution >= 4 is 0 Å². The van der Waals surface area contributed by atoms with Crippen LogP contribution in [0.15, 0.2) is 11.6 Å². The molecule has 0 fully saturated rings. The SMILES string of the molecule is C.[CH2-]CC1=CC(O)C(C)C(C)C1OCC. The number of aliphatic hydroxyl groups excluding tert-OH is 1. The molecular weight excluding hydrogens is 188 g/mol. The zero-order chi connectivity index (χ0) is 10.7. The fraction of sp³-hybridized carbons (Fsp3) is 0.769. The van der Waals surface area contributed by atoms with Gasteiger partial charge in [-0.1, -0.05) is 32.9 Å². The first-order chi connectivity index (χ1) is 6.61. The Bertz CT molecular complexity index is 211. The van der Waals surface area contributed by atoms with E-state index in [4.69, 9.17) is 4.74 Å². The van der Waals surface area contributed by atoms with E-state index in [2.05, 4.69) is 20.8 Å². The molecule has 1 aliphatic carbocycles. The van der Waals surface area contributed by atoms with Gasteiger partial charge in [-0.2, -0.15) is 6.42 Å². The standard InChI is InChI=1S/C12H21O2.CH4/c1-5-10-7-11(13)8(3)9(4)12(10)14-6-2;/h7-9,11-13H,1,5-6H2,2-4H3;1H4/q-1;. The predicted molar refractivity (Wildman–Crippen MR) is 64.5 cm³/mol. The molecule has 2 heteroatoms. The van der Waals surface area contributed by atoms with Gasteiger partial charge in [-0.05, 0) is 18.8 Å². The second-order valence-corrected chi connectivity index (χ2v) is 4.08. The Morgan fingerprint density at radius 3 is 2.47 bits per heavy atom. The van der Waals surface area contributed by atoms with Crippen LogP contribution >= 0.6 is 0 Å². The summed E-state index contributed by atoms with van der Waals surface area (Å²) in [4.78, 5) is 0. The minimum atomic E-state index is -0.335. The maximum absolute atomic E-state index is 9.78. The van der Waals surface area contributed by atoms with Gasteiger partial charge in [-0.15, -0.1) is 0 Å². The predicted octanol–water partition coefficient (Wildman–Crippen LogP) is 2.82. The quantitative estimate of drug-likeness (QED) is 0.577. The Balaban J connectivity index is 0.00000196. The van der Waals surface area contributed by atoms with Gasteiger partial charge in [-0.25, -0.2) is 0 Å². The Hall–Kier alpha value is -0.340. The van der Waals surface area contributed by atoms with Gasteiger partial charge < -0.3 is 16.8 Å². The third kappa shape index (κ3) is 3.05. The smallest absolute Gasteiger partial charge is 0.0789 e. The van der Waals surface area contributed by atoms with Crippen LogP contribution < -0.4 is 0 Å². The molecule has 0 aromatic heterocycles. The third-order valence-electron chi connectivity index (χ3n) is 3.23. The first kappa shape index (κ1) is 14.7. The molecule has 0 saturated carbocycles. The van der Waals surface area contributed by atoms with Crippen LogP contribution in [-0.4, -0.2) is 23.9 Å². The summed E-state index contributed by atoms with van der Waals surface area (Å²) in [6, 6.07) is 0. The van der Waals surface area contributed by atoms with Gasteiger partial charge in [-0.3, -0.25) is 0 Å². The topological polar surface area (TPSA) is 29.5 Å². The van der Waals surface area contributed by atoms with E-state index in [1.54, 1.807) is 0 Å². The van der Waals surface area contributed by atoms with Crippen LogP contribution in [0.5, 0.6) is 0 Å². The van der Waals surface area contributed by atoms with Gasteiger partial charge in [0, 0.05) is 6.61 Å². The molecule has 0 spiro atoms. The number of hydrogen-bond acceptors (Lipinski definition) is 2. The normalized spacial score (nSPS) is 35.7. The van der Waals surface area contributed by atoms with E-state index >= 15 is 0 Å². The second kappa shape index (κ2) is 6.29. The highest BCUT2D eigenvalue weighted by Gasteiger charge is 2.32. The van der Waals surface area contributed by atoms with Gasteiger partial charge in [0.15, 0.2) is 0 Å². The number of rotatable bonds is 3. The van der Waals surface area contributed by atoms with Crippen molar-refractivity contribution in [1.29, 1.82) is 0 Å². The highest BCUT2D eigenvalue weighted by atomic mass is 16.5. The first-order valence-electron chi connectivity index (χ1n) is 5.41. The minimum absolute atomic E-state index is 0. The zero-order valence-electron chi connectivity index (χ0n) is 9.36. The van der Waals surface area contributed by atoms with Crippen molar-refractivity contribution in [2.75, 3.05) is 6.61 Å². The van der Waals surface area contributed by atoms with Crippen LogP contribution in [0, 0.1) is 18.8 Å². The molecular formula is C13H25O2-. The Morgan fingerprint density at radius 2 is 2.00 bits per heavy atom. The zero-order valence-corrected chi connectivity index (χ0v) is 9.36. The highest BCUT2D eigenvalue weighted by Crippen LogP contribution is 2.33. The number of ether oxygens (including phenoxy) is 1. The van der Waals surface area contributed by atoms with E-state index in [-0.39, 0.29) is 25.6 Å². The van der Waals surface area contributed by atoms with Gasteiger partial charge in [0.25, 0.3) is 0 Å². The van der Waals surface area contributed by atoms with Crippen molar-refractivity contribution in [3.05, 3.63) is 18.6 Å². The highest BCUT2D eigenvalue weighted by molar-refractivity contribution is 5.18. The summed E-state index contributed by atoms with van der Waals surface area (Å²) in [5, 5.41) is 9.78. The number of hydrogen-bond donors (Lipinski definition) is 1. The molecule has 2 nitrogen and oxygen atoms in total. The summed E-state index contributed by atoms with van der Waals surface area (Å²) in [6.07, 6.45) is 2.45. The molecule has 0 amide bonds. The number of aliphatic hydroxyl groups is 1. The summed E-state index contributed by atoms with van der Waals surface area (Å²) >= 11 is 0. The van der Waals surface area contributed by atoms with Crippen molar-refractivity contribution in [2.45, 2.75) is 46.8 Å². The summed E-state index contributed by atoms with van der Waals surface area (Å²) in [5.41, 5.74) is 1.14. The summed E-state index contributed by atoms with van der Waals surface area (Å²) < 4.78 is 5.70. The summed E-state index contributed by atoms with van der Waals surface area (Å²) in [5.74, 6) is 0.633. The van der Waals surface area contributed by atoms with Crippen LogP contribution in [0.2, 0.25) is 0 Å². The molecule has 0 aliphatic heterocycles. The lowest BCUT2D eigenvalue weighted by atomic mass is 9.77. The van der Waals surface area contributed by atoms with E-state index in [1.165, 1.54) is 0 Å². The minimum Gasteiger partial charge on any atom is -0.389 e. The molecule has 0 radical (unpaired) electrons. The largest absolute Gasteiger partial charge is 0.389 e. The Labute approximate surface area is 94.3 Å². The fourth-order valence-electron chi connectivity index (χ4n) is 2.05. The van der Waals surface area contributed by atoms with Crippen LogP contribution in [0.1, 0.15) is 34.6 Å². The average molecular weight is 213 g/mol. The molecule has 1 rings (SSSR count). The van der Waals surface area contributed by atoms with E-state index in [9.17, 15) is 5.11 Å². The maximum Gasteiger partial charge on any atom is 0.0789 e. The second-order valence-electron chi connectivity index (χ2n) is 4.08. The third-order valence-corrected chi connectivity index (χ3v) is 3.23. The molecule has 0 aromatic carbocycles. The molecule has 0 aromatic rings. The van der Waals surface area contributed by atoms with Crippen LogP contribution in [-0.2, 0) is 4.74 Å². The fourth-order valence-corrected chi connectivity index (χ4v) is 2.05. The van der Waals surface area contributed by atoms with E-state index in [1.807, 2.05) is 13.0 Å². The van der Waals surface area contributed by atoms with Crippen LogP contribution in [0.3, 0.4) is 0 Å². The summed E-state index contributed by atoms with van der Waals surface area (Å²) in [7, 11) is 0. The maximum atomic E-state index is 9.78. The Morgan fingerprint density at radius 1 is 1.40 bits per heavy atom. The van der Waals surface area contributed by atoms with Crippen molar-refractivity contribution in [3.63, 3.8) is 0 Å². The molecule has 1 N–H and O–H groups in total. The first-order valence-corrected chi connectivity index (χ1v) is 5.41. The van der Waals surface area contributed by atoms with Gasteiger partial charge in [0.1, 0.15) is 0 Å². The Kier molecular flexibility index (Phi) is 6.15. The molecule has 0 saturated heterocycles. The molecule has 4 atom stereocenters. The van der Waals surface area contributed by atoms with E-state index in [0.717, 1.165) is 18.6 Å². The van der Waals surface area contributed by atoms with Crippen LogP contribution in [0.25, 0.3) is 0 Å². The molecule has 15 heavy (non-hydrogen) atoms. The van der Waals surface area contributed by atoms with Crippen molar-refractivity contribution < 1.29 is 9.84 Å². The molecule has 0 bridgehead atoms. The van der Waals surface area contributed by atoms with E-state index < -0.39 is 0 Å². The van der Waals surface area contributed by atoms with Gasteiger partial charge >= 0.3 is 0 Å². The van der Waals surface area contributed by atoms with E-state index in [0.29, 0.717) is 5.92 Å². The molecule has 0 heterocycles. The van der Waals surface area contributed by atoms with Crippen molar-refractivity contribution in [3.8, 4) is 0 Å². The monoisotopic (exact) mass is 213 g/mol. The summed E-state index contributed by atoms with van der Waals surface area (Å²) in [6.45, 7) is 10.8. The lowest BCUT2D eigenvalue weighted by Gasteiger charge is -2.38.